The molecule has 0 bridgehead atoms. The van der Waals surface area contributed by atoms with Crippen molar-refractivity contribution >= 4 is 0 Å². The first-order chi connectivity index (χ1) is 11.1. The highest BCUT2D eigenvalue weighted by atomic mass is 19.4. The van der Waals surface area contributed by atoms with Gasteiger partial charge in [0.05, 0.1) is 12.7 Å². The lowest BCUT2D eigenvalue weighted by Gasteiger charge is -2.16. The third-order valence-electron chi connectivity index (χ3n) is 2.89. The molecule has 2 aromatic rings. The van der Waals surface area contributed by atoms with Crippen molar-refractivity contribution in [1.82, 2.24) is 0 Å². The summed E-state index contributed by atoms with van der Waals surface area (Å²) in [4.78, 5) is 0. The van der Waals surface area contributed by atoms with Gasteiger partial charge in [-0.1, -0.05) is 0 Å². The van der Waals surface area contributed by atoms with Gasteiger partial charge < -0.3 is 9.47 Å². The topological polar surface area (TPSA) is 18.5 Å². The minimum absolute atomic E-state index is 0.193. The molecule has 0 aliphatic heterocycles. The molecule has 0 N–H and O–H groups in total. The maximum Gasteiger partial charge on any atom is 0.573 e. The third kappa shape index (κ3) is 3.22. The Labute approximate surface area is 129 Å². The van der Waals surface area contributed by atoms with Crippen molar-refractivity contribution in [2.24, 2.45) is 0 Å². The van der Waals surface area contributed by atoms with Crippen LogP contribution in [-0.2, 0) is 0 Å². The normalized spacial score (nSPS) is 11.5. The molecule has 0 heterocycles. The number of methoxy groups -OCH3 is 1. The summed E-state index contributed by atoms with van der Waals surface area (Å²) in [6.45, 7) is 0. The van der Waals surface area contributed by atoms with Crippen molar-refractivity contribution in [1.29, 1.82) is 0 Å². The van der Waals surface area contributed by atoms with Gasteiger partial charge in [-0.2, -0.15) is 0 Å². The fraction of sp³-hybridized carbons (Fsp3) is 0.143. The van der Waals surface area contributed by atoms with Crippen LogP contribution >= 0.6 is 0 Å². The van der Waals surface area contributed by atoms with Crippen LogP contribution in [0.5, 0.6) is 11.5 Å². The molecule has 0 aromatic heterocycles. The van der Waals surface area contributed by atoms with E-state index in [0.717, 1.165) is 13.2 Å². The molecule has 0 fully saturated rings. The Hall–Kier alpha value is -2.52. The first-order valence-electron chi connectivity index (χ1n) is 6.02. The number of rotatable bonds is 3. The molecule has 10 heteroatoms. The summed E-state index contributed by atoms with van der Waals surface area (Å²) in [5.74, 6) is -13.0. The van der Waals surface area contributed by atoms with Crippen molar-refractivity contribution < 1.29 is 44.6 Å². The highest BCUT2D eigenvalue weighted by Gasteiger charge is 2.34. The van der Waals surface area contributed by atoms with Crippen LogP contribution in [0.2, 0.25) is 0 Å². The second-order valence-electron chi connectivity index (χ2n) is 4.35. The van der Waals surface area contributed by atoms with Crippen LogP contribution in [0.1, 0.15) is 0 Å². The molecule has 0 saturated heterocycles. The SMILES string of the molecule is COc1ccc(-c2c(F)c(F)c(F)c(F)c2F)c(OC(F)(F)F)c1. The van der Waals surface area contributed by atoms with Gasteiger partial charge in [0.25, 0.3) is 0 Å². The summed E-state index contributed by atoms with van der Waals surface area (Å²) in [6, 6.07) is 2.25. The molecule has 0 saturated carbocycles. The lowest BCUT2D eigenvalue weighted by molar-refractivity contribution is -0.274. The minimum atomic E-state index is -5.27. The number of benzene rings is 2. The highest BCUT2D eigenvalue weighted by molar-refractivity contribution is 5.73. The standard InChI is InChI=1S/C14H6F8O2/c1-23-5-2-3-6(7(4-5)24-14(20,21)22)8-9(15)11(17)13(19)12(18)10(8)16/h2-4H,1H3. The molecule has 0 unspecified atom stereocenters. The van der Waals surface area contributed by atoms with Crippen LogP contribution in [0.15, 0.2) is 18.2 Å². The van der Waals surface area contributed by atoms with Gasteiger partial charge in [0, 0.05) is 11.6 Å². The number of hydrogen-bond acceptors (Lipinski definition) is 2. The minimum Gasteiger partial charge on any atom is -0.497 e. The number of ether oxygens (including phenoxy) is 2. The largest absolute Gasteiger partial charge is 0.573 e. The highest BCUT2D eigenvalue weighted by Crippen LogP contribution is 2.40. The van der Waals surface area contributed by atoms with Crippen molar-refractivity contribution in [2.45, 2.75) is 6.36 Å². The van der Waals surface area contributed by atoms with E-state index in [2.05, 4.69) is 9.47 Å². The van der Waals surface area contributed by atoms with Gasteiger partial charge in [-0.25, -0.2) is 22.0 Å². The van der Waals surface area contributed by atoms with Crippen LogP contribution in [-0.4, -0.2) is 13.5 Å². The van der Waals surface area contributed by atoms with E-state index in [1.807, 2.05) is 0 Å². The zero-order valence-corrected chi connectivity index (χ0v) is 11.6. The molecule has 0 spiro atoms. The summed E-state index contributed by atoms with van der Waals surface area (Å²) in [6.07, 6.45) is -5.27. The Balaban J connectivity index is 2.78. The summed E-state index contributed by atoms with van der Waals surface area (Å²) in [7, 11) is 1.09. The first-order valence-corrected chi connectivity index (χ1v) is 6.02. The van der Waals surface area contributed by atoms with Gasteiger partial charge >= 0.3 is 6.36 Å². The van der Waals surface area contributed by atoms with Gasteiger partial charge in [-0.05, 0) is 12.1 Å². The average molecular weight is 358 g/mol. The predicted octanol–water partition coefficient (Wildman–Crippen LogP) is 4.96. The maximum atomic E-state index is 13.8. The van der Waals surface area contributed by atoms with E-state index in [1.165, 1.54) is 0 Å². The summed E-state index contributed by atoms with van der Waals surface area (Å²) in [5, 5.41) is 0. The second kappa shape index (κ2) is 6.17. The Bertz CT molecular complexity index is 756. The van der Waals surface area contributed by atoms with Gasteiger partial charge in [-0.3, -0.25) is 0 Å². The quantitative estimate of drug-likeness (QED) is 0.439. The molecular formula is C14H6F8O2. The fourth-order valence-electron chi connectivity index (χ4n) is 1.89. The van der Waals surface area contributed by atoms with Crippen molar-refractivity contribution in [3.63, 3.8) is 0 Å². The van der Waals surface area contributed by atoms with E-state index in [-0.39, 0.29) is 5.75 Å². The lowest BCUT2D eigenvalue weighted by atomic mass is 10.0. The third-order valence-corrected chi connectivity index (χ3v) is 2.89. The zero-order valence-electron chi connectivity index (χ0n) is 11.6. The lowest BCUT2D eigenvalue weighted by Crippen LogP contribution is -2.18. The monoisotopic (exact) mass is 358 g/mol. The zero-order chi connectivity index (χ0) is 18.2. The maximum absolute atomic E-state index is 13.8. The number of alkyl halides is 3. The van der Waals surface area contributed by atoms with Crippen molar-refractivity contribution in [3.05, 3.63) is 47.3 Å². The van der Waals surface area contributed by atoms with E-state index in [0.29, 0.717) is 12.1 Å². The van der Waals surface area contributed by atoms with Crippen LogP contribution in [0.25, 0.3) is 11.1 Å². The van der Waals surface area contributed by atoms with Gasteiger partial charge in [0.15, 0.2) is 23.3 Å². The second-order valence-corrected chi connectivity index (χ2v) is 4.35. The summed E-state index contributed by atoms with van der Waals surface area (Å²) < 4.78 is 113. The molecule has 0 atom stereocenters. The van der Waals surface area contributed by atoms with Gasteiger partial charge in [0.1, 0.15) is 11.5 Å². The van der Waals surface area contributed by atoms with Crippen LogP contribution in [0.3, 0.4) is 0 Å². The van der Waals surface area contributed by atoms with Crippen molar-refractivity contribution in [3.8, 4) is 22.6 Å². The predicted molar refractivity (Wildman–Crippen MR) is 64.9 cm³/mol. The fourth-order valence-corrected chi connectivity index (χ4v) is 1.89. The molecule has 0 radical (unpaired) electrons. The van der Waals surface area contributed by atoms with E-state index >= 15 is 0 Å². The van der Waals surface area contributed by atoms with E-state index in [4.69, 9.17) is 0 Å². The molecule has 2 rings (SSSR count). The van der Waals surface area contributed by atoms with Crippen LogP contribution in [0, 0.1) is 29.1 Å². The molecule has 0 aliphatic rings. The smallest absolute Gasteiger partial charge is 0.497 e. The van der Waals surface area contributed by atoms with Gasteiger partial charge in [0.2, 0.25) is 5.82 Å². The number of halogens is 8. The van der Waals surface area contributed by atoms with Crippen LogP contribution in [0.4, 0.5) is 35.1 Å². The van der Waals surface area contributed by atoms with Crippen LogP contribution < -0.4 is 9.47 Å². The molecular weight excluding hydrogens is 352 g/mol. The molecule has 0 aliphatic carbocycles. The summed E-state index contributed by atoms with van der Waals surface area (Å²) >= 11 is 0. The average Bonchev–Trinajstić information content (AvgIpc) is 2.51. The first kappa shape index (κ1) is 17.8. The Morgan fingerprint density at radius 3 is 1.75 bits per heavy atom. The Kier molecular flexibility index (Phi) is 4.59. The Morgan fingerprint density at radius 1 is 0.792 bits per heavy atom. The molecule has 24 heavy (non-hydrogen) atoms. The van der Waals surface area contributed by atoms with E-state index < -0.39 is 52.3 Å². The molecule has 2 nitrogen and oxygen atoms in total. The van der Waals surface area contributed by atoms with E-state index in [1.54, 1.807) is 0 Å². The number of hydrogen-bond donors (Lipinski definition) is 0. The van der Waals surface area contributed by atoms with Crippen molar-refractivity contribution in [2.75, 3.05) is 7.11 Å². The molecule has 0 amide bonds. The Morgan fingerprint density at radius 2 is 1.29 bits per heavy atom. The summed E-state index contributed by atoms with van der Waals surface area (Å²) in [5.41, 5.74) is -2.53. The molecule has 2 aromatic carbocycles. The van der Waals surface area contributed by atoms with Gasteiger partial charge in [-0.15, -0.1) is 13.2 Å². The molecule has 130 valence electrons. The van der Waals surface area contributed by atoms with E-state index in [9.17, 15) is 35.1 Å².